The van der Waals surface area contributed by atoms with Crippen LogP contribution in [0.5, 0.6) is 0 Å². The Bertz CT molecular complexity index is 2390. The van der Waals surface area contributed by atoms with Crippen LogP contribution >= 0.6 is 0 Å². The number of amidine groups is 2. The van der Waals surface area contributed by atoms with Gasteiger partial charge in [-0.1, -0.05) is 155 Å². The van der Waals surface area contributed by atoms with Crippen LogP contribution in [0.3, 0.4) is 0 Å². The normalized spacial score (nSPS) is 16.4. The average Bonchev–Trinajstić information content (AvgIpc) is 3.49. The van der Waals surface area contributed by atoms with Gasteiger partial charge in [-0.3, -0.25) is 0 Å². The molecule has 1 N–H and O–H groups in total. The smallest absolute Gasteiger partial charge is 0.169 e. The van der Waals surface area contributed by atoms with E-state index in [0.717, 1.165) is 34.0 Å². The van der Waals surface area contributed by atoms with Crippen LogP contribution < -0.4 is 5.32 Å². The molecule has 2 heterocycles. The van der Waals surface area contributed by atoms with Gasteiger partial charge in [-0.15, -0.1) is 0 Å². The fourth-order valence-corrected chi connectivity index (χ4v) is 7.92. The van der Waals surface area contributed by atoms with E-state index >= 15 is 0 Å². The summed E-state index contributed by atoms with van der Waals surface area (Å²) in [7, 11) is 0. The molecule has 1 aromatic heterocycles. The highest BCUT2D eigenvalue weighted by molar-refractivity contribution is 6.16. The van der Waals surface area contributed by atoms with Gasteiger partial charge in [0.1, 0.15) is 11.7 Å². The Kier molecular flexibility index (Phi) is 6.54. The third kappa shape index (κ3) is 4.44. The lowest BCUT2D eigenvalue weighted by molar-refractivity contribution is 0.299. The fourth-order valence-electron chi connectivity index (χ4n) is 7.92. The summed E-state index contributed by atoms with van der Waals surface area (Å²) in [5.74, 6) is 1.64. The van der Waals surface area contributed by atoms with Gasteiger partial charge in [-0.05, 0) is 51.3 Å². The molecule has 0 atom stereocenters. The lowest BCUT2D eigenvalue weighted by Crippen LogP contribution is -2.43. The van der Waals surface area contributed by atoms with Crippen molar-refractivity contribution in [3.8, 4) is 16.8 Å². The van der Waals surface area contributed by atoms with E-state index in [2.05, 4.69) is 147 Å². The van der Waals surface area contributed by atoms with Gasteiger partial charge in [0.15, 0.2) is 6.17 Å². The summed E-state index contributed by atoms with van der Waals surface area (Å²) in [6, 6.07) is 52.0. The minimum absolute atomic E-state index is 0.0319. The van der Waals surface area contributed by atoms with Gasteiger partial charge in [0, 0.05) is 33.2 Å². The van der Waals surface area contributed by atoms with E-state index in [1.165, 1.54) is 44.1 Å². The zero-order valence-electron chi connectivity index (χ0n) is 28.3. The van der Waals surface area contributed by atoms with Crippen molar-refractivity contribution < 1.29 is 0 Å². The first-order chi connectivity index (χ1) is 23.8. The van der Waals surface area contributed by atoms with Crippen molar-refractivity contribution in [2.45, 2.75) is 44.7 Å². The van der Waals surface area contributed by atoms with Crippen molar-refractivity contribution in [2.75, 3.05) is 0 Å². The molecule has 0 saturated heterocycles. The zero-order chi connectivity index (χ0) is 33.3. The predicted octanol–water partition coefficient (Wildman–Crippen LogP) is 10.5. The summed E-state index contributed by atoms with van der Waals surface area (Å²) < 4.78 is 2.47. The first kappa shape index (κ1) is 29.4. The van der Waals surface area contributed by atoms with Crippen LogP contribution in [-0.4, -0.2) is 16.2 Å². The van der Waals surface area contributed by atoms with Gasteiger partial charge >= 0.3 is 0 Å². The first-order valence-electron chi connectivity index (χ1n) is 17.1. The highest BCUT2D eigenvalue weighted by atomic mass is 15.2. The highest BCUT2D eigenvalue weighted by Gasteiger charge is 2.46. The molecule has 6 aromatic carbocycles. The molecule has 0 amide bonds. The van der Waals surface area contributed by atoms with Gasteiger partial charge < -0.3 is 9.88 Å². The minimum Gasteiger partial charge on any atom is -0.324 e. The van der Waals surface area contributed by atoms with Crippen molar-refractivity contribution in [1.29, 1.82) is 0 Å². The zero-order valence-corrected chi connectivity index (χ0v) is 28.3. The van der Waals surface area contributed by atoms with Crippen molar-refractivity contribution in [1.82, 2.24) is 9.88 Å². The van der Waals surface area contributed by atoms with Gasteiger partial charge in [-0.25, -0.2) is 9.98 Å². The Morgan fingerprint density at radius 3 is 1.78 bits per heavy atom. The molecule has 0 spiro atoms. The Morgan fingerprint density at radius 1 is 0.531 bits per heavy atom. The number of hydrogen-bond donors (Lipinski definition) is 1. The quantitative estimate of drug-likeness (QED) is 0.206. The van der Waals surface area contributed by atoms with Crippen molar-refractivity contribution in [3.05, 3.63) is 173 Å². The molecule has 0 bridgehead atoms. The monoisotopic (exact) mass is 634 g/mol. The summed E-state index contributed by atoms with van der Waals surface area (Å²) in [6.45, 7) is 9.60. The molecule has 4 nitrogen and oxygen atoms in total. The lowest BCUT2D eigenvalue weighted by atomic mass is 9.55. The summed E-state index contributed by atoms with van der Waals surface area (Å²) in [6.07, 6.45) is -0.374. The predicted molar refractivity (Wildman–Crippen MR) is 204 cm³/mol. The van der Waals surface area contributed by atoms with E-state index in [1.807, 2.05) is 36.4 Å². The number of benzene rings is 6. The SMILES string of the molecule is CC1(C)c2ccccc2-c2c(ccc3c4ccccc4n(-c4ccc(C5N=C(c6ccccc6)NC(c6ccccc6)=N5)cc4)c23)C1(C)C. The van der Waals surface area contributed by atoms with E-state index in [0.29, 0.717) is 0 Å². The Labute approximate surface area is 287 Å². The summed E-state index contributed by atoms with van der Waals surface area (Å²) in [4.78, 5) is 10.2. The molecular formula is C45H38N4. The summed E-state index contributed by atoms with van der Waals surface area (Å²) >= 11 is 0. The summed E-state index contributed by atoms with van der Waals surface area (Å²) in [5.41, 5.74) is 12.1. The number of nitrogens with one attached hydrogen (secondary N) is 1. The van der Waals surface area contributed by atoms with Crippen LogP contribution in [0.25, 0.3) is 38.6 Å². The Hall–Kier alpha value is -5.74. The number of aliphatic imine (C=N–C) groups is 2. The number of para-hydroxylation sites is 1. The molecule has 7 aromatic rings. The fraction of sp³-hybridized carbons (Fsp3) is 0.156. The molecule has 4 heteroatoms. The molecule has 238 valence electrons. The van der Waals surface area contributed by atoms with Crippen LogP contribution in [0.4, 0.5) is 0 Å². The van der Waals surface area contributed by atoms with E-state index in [1.54, 1.807) is 0 Å². The number of aromatic nitrogens is 1. The standard InChI is InChI=1S/C45H38N4/c1-44(2)36-21-13-11-20-35(36)39-37(45(44,3)4)28-27-34-33-19-12-14-22-38(33)49(40(34)39)32-25-23-31(24-26-32)43-47-41(29-15-7-5-8-16-29)46-42(48-43)30-17-9-6-10-18-30/h5-28,43H,1-4H3,(H,46,47,48). The molecular weight excluding hydrogens is 597 g/mol. The first-order valence-corrected chi connectivity index (χ1v) is 17.1. The third-order valence-corrected chi connectivity index (χ3v) is 11.2. The molecule has 1 aliphatic heterocycles. The Morgan fingerprint density at radius 2 is 1.10 bits per heavy atom. The second-order valence-corrected chi connectivity index (χ2v) is 14.3. The van der Waals surface area contributed by atoms with E-state index < -0.39 is 0 Å². The lowest BCUT2D eigenvalue weighted by Gasteiger charge is -2.48. The molecule has 1 aliphatic carbocycles. The number of fused-ring (bicyclic) bond motifs is 7. The average molecular weight is 635 g/mol. The molecule has 0 fully saturated rings. The van der Waals surface area contributed by atoms with Crippen molar-refractivity contribution in [3.63, 3.8) is 0 Å². The minimum atomic E-state index is -0.374. The number of hydrogen-bond acceptors (Lipinski definition) is 3. The van der Waals surface area contributed by atoms with Gasteiger partial charge in [0.2, 0.25) is 0 Å². The van der Waals surface area contributed by atoms with Crippen LogP contribution in [0.15, 0.2) is 156 Å². The molecule has 0 radical (unpaired) electrons. The van der Waals surface area contributed by atoms with Gasteiger partial charge in [0.05, 0.1) is 11.0 Å². The number of rotatable bonds is 4. The molecule has 0 unspecified atom stereocenters. The molecule has 9 rings (SSSR count). The second kappa shape index (κ2) is 10.9. The number of nitrogens with zero attached hydrogens (tertiary/aromatic N) is 3. The van der Waals surface area contributed by atoms with Gasteiger partial charge in [-0.2, -0.15) is 0 Å². The van der Waals surface area contributed by atoms with E-state index in [9.17, 15) is 0 Å². The molecule has 49 heavy (non-hydrogen) atoms. The largest absolute Gasteiger partial charge is 0.324 e. The second-order valence-electron chi connectivity index (χ2n) is 14.3. The van der Waals surface area contributed by atoms with Crippen molar-refractivity contribution in [2.24, 2.45) is 9.98 Å². The third-order valence-electron chi connectivity index (χ3n) is 11.2. The summed E-state index contributed by atoms with van der Waals surface area (Å²) in [5, 5.41) is 6.04. The maximum Gasteiger partial charge on any atom is 0.169 e. The van der Waals surface area contributed by atoms with Crippen LogP contribution in [-0.2, 0) is 10.8 Å². The maximum absolute atomic E-state index is 5.11. The maximum atomic E-state index is 5.11. The van der Waals surface area contributed by atoms with Gasteiger partial charge in [0.25, 0.3) is 0 Å². The van der Waals surface area contributed by atoms with Crippen LogP contribution in [0.1, 0.15) is 61.7 Å². The molecule has 2 aliphatic rings. The highest BCUT2D eigenvalue weighted by Crippen LogP contribution is 2.56. The van der Waals surface area contributed by atoms with Crippen molar-refractivity contribution >= 4 is 33.5 Å². The van der Waals surface area contributed by atoms with E-state index in [-0.39, 0.29) is 17.0 Å². The molecule has 0 saturated carbocycles. The van der Waals surface area contributed by atoms with Crippen LogP contribution in [0, 0.1) is 0 Å². The topological polar surface area (TPSA) is 41.7 Å². The van der Waals surface area contributed by atoms with E-state index in [4.69, 9.17) is 9.98 Å². The Balaban J connectivity index is 1.23. The van der Waals surface area contributed by atoms with Crippen LogP contribution in [0.2, 0.25) is 0 Å².